The molecule has 0 saturated carbocycles. The summed E-state index contributed by atoms with van der Waals surface area (Å²) in [5, 5.41) is 3.13. The Morgan fingerprint density at radius 2 is 1.89 bits per heavy atom. The number of nitrogens with zero attached hydrogens (tertiary/aromatic N) is 2. The van der Waals surface area contributed by atoms with E-state index in [1.54, 1.807) is 60.7 Å². The summed E-state index contributed by atoms with van der Waals surface area (Å²) >= 11 is 11.3. The van der Waals surface area contributed by atoms with E-state index in [-0.39, 0.29) is 28.9 Å². The minimum atomic E-state index is -0.512. The van der Waals surface area contributed by atoms with Crippen LogP contribution in [0, 0.1) is 0 Å². The van der Waals surface area contributed by atoms with Crippen molar-refractivity contribution in [3.05, 3.63) is 100 Å². The van der Waals surface area contributed by atoms with E-state index in [2.05, 4.69) is 10.3 Å². The minimum absolute atomic E-state index is 0.0189. The number of hydrogen-bond acceptors (Lipinski definition) is 7. The van der Waals surface area contributed by atoms with Crippen LogP contribution in [0.2, 0.25) is 0 Å². The number of nitrogens with one attached hydrogen (secondary N) is 1. The number of thiocarbonyl (C=S) groups is 1. The van der Waals surface area contributed by atoms with Crippen LogP contribution >= 0.6 is 23.8 Å². The molecule has 2 heterocycles. The van der Waals surface area contributed by atoms with E-state index in [1.165, 1.54) is 12.3 Å². The van der Waals surface area contributed by atoms with E-state index in [1.807, 2.05) is 0 Å². The van der Waals surface area contributed by atoms with E-state index in [4.69, 9.17) is 34.3 Å². The SMILES string of the molecule is Nc1cc(Oc2cccc(CN3C(=O)c4cccc(NC(=O)C5=CC(Cl)=CCC5=S)c4C3=O)c2)ccn1. The number of anilines is 2. The molecular formula is C27H19ClN4O4S. The van der Waals surface area contributed by atoms with Gasteiger partial charge in [-0.05, 0) is 42.0 Å². The number of rotatable bonds is 6. The first-order valence-corrected chi connectivity index (χ1v) is 12.0. The molecule has 3 N–H and O–H groups in total. The third-order valence-electron chi connectivity index (χ3n) is 5.78. The van der Waals surface area contributed by atoms with Crippen LogP contribution in [0.3, 0.4) is 0 Å². The van der Waals surface area contributed by atoms with Crippen molar-refractivity contribution in [3.8, 4) is 11.5 Å². The molecular weight excluding hydrogens is 512 g/mol. The van der Waals surface area contributed by atoms with E-state index in [0.717, 1.165) is 4.90 Å². The minimum Gasteiger partial charge on any atom is -0.457 e. The summed E-state index contributed by atoms with van der Waals surface area (Å²) in [6.07, 6.45) is 5.12. The largest absolute Gasteiger partial charge is 0.457 e. The maximum Gasteiger partial charge on any atom is 0.263 e. The Balaban J connectivity index is 1.36. The van der Waals surface area contributed by atoms with Gasteiger partial charge < -0.3 is 15.8 Å². The normalized spacial score (nSPS) is 14.7. The van der Waals surface area contributed by atoms with Crippen molar-refractivity contribution in [2.24, 2.45) is 0 Å². The highest BCUT2D eigenvalue weighted by atomic mass is 35.5. The highest BCUT2D eigenvalue weighted by molar-refractivity contribution is 7.81. The molecule has 0 fully saturated rings. The highest BCUT2D eigenvalue weighted by Gasteiger charge is 2.38. The van der Waals surface area contributed by atoms with E-state index in [9.17, 15) is 14.4 Å². The van der Waals surface area contributed by atoms with Gasteiger partial charge in [-0.25, -0.2) is 4.98 Å². The van der Waals surface area contributed by atoms with Crippen LogP contribution in [0.5, 0.6) is 11.5 Å². The number of carbonyl (C=O) groups is 3. The summed E-state index contributed by atoms with van der Waals surface area (Å²) in [5.41, 5.74) is 7.20. The number of halogens is 1. The Morgan fingerprint density at radius 1 is 1.11 bits per heavy atom. The quantitative estimate of drug-likeness (QED) is 0.340. The molecule has 0 radical (unpaired) electrons. The Labute approximate surface area is 222 Å². The Bertz CT molecular complexity index is 1550. The van der Waals surface area contributed by atoms with Crippen molar-refractivity contribution in [2.75, 3.05) is 11.1 Å². The van der Waals surface area contributed by atoms with Crippen LogP contribution in [-0.4, -0.2) is 32.5 Å². The fourth-order valence-corrected chi connectivity index (χ4v) is 4.48. The number of amides is 3. The summed E-state index contributed by atoms with van der Waals surface area (Å²) < 4.78 is 5.83. The number of nitrogen functional groups attached to an aromatic ring is 1. The maximum absolute atomic E-state index is 13.4. The number of fused-ring (bicyclic) bond motifs is 1. The van der Waals surface area contributed by atoms with Gasteiger partial charge in [-0.2, -0.15) is 0 Å². The zero-order valence-electron chi connectivity index (χ0n) is 19.2. The van der Waals surface area contributed by atoms with Crippen LogP contribution in [0.4, 0.5) is 11.5 Å². The third kappa shape index (κ3) is 5.00. The molecule has 3 aromatic rings. The predicted octanol–water partition coefficient (Wildman–Crippen LogP) is 5.01. The maximum atomic E-state index is 13.4. The number of nitrogens with two attached hydrogens (primary N) is 1. The van der Waals surface area contributed by atoms with Crippen molar-refractivity contribution < 1.29 is 19.1 Å². The number of hydrogen-bond donors (Lipinski definition) is 2. The lowest BCUT2D eigenvalue weighted by Gasteiger charge is -2.16. The van der Waals surface area contributed by atoms with Gasteiger partial charge in [0.1, 0.15) is 17.3 Å². The van der Waals surface area contributed by atoms with Crippen LogP contribution in [0.25, 0.3) is 0 Å². The first kappa shape index (κ1) is 24.4. The molecule has 0 unspecified atom stereocenters. The highest BCUT2D eigenvalue weighted by Crippen LogP contribution is 2.32. The van der Waals surface area contributed by atoms with Gasteiger partial charge in [-0.3, -0.25) is 19.3 Å². The zero-order chi connectivity index (χ0) is 26.1. The molecule has 0 atom stereocenters. The molecule has 3 amide bonds. The molecule has 0 bridgehead atoms. The number of ether oxygens (including phenoxy) is 1. The lowest BCUT2D eigenvalue weighted by molar-refractivity contribution is -0.112. The molecule has 5 rings (SSSR count). The topological polar surface area (TPSA) is 115 Å². The molecule has 1 aromatic heterocycles. The first-order chi connectivity index (χ1) is 17.8. The smallest absolute Gasteiger partial charge is 0.263 e. The van der Waals surface area contributed by atoms with Crippen molar-refractivity contribution in [2.45, 2.75) is 13.0 Å². The second-order valence-electron chi connectivity index (χ2n) is 8.32. The molecule has 1 aliphatic heterocycles. The van der Waals surface area contributed by atoms with Crippen LogP contribution in [0.15, 0.2) is 83.6 Å². The lowest BCUT2D eigenvalue weighted by Crippen LogP contribution is -2.29. The Hall–Kier alpha value is -4.34. The van der Waals surface area contributed by atoms with Gasteiger partial charge in [0.25, 0.3) is 17.7 Å². The van der Waals surface area contributed by atoms with E-state index >= 15 is 0 Å². The standard InChI is InChI=1S/C27H19ClN4O4S/c28-16-7-8-22(37)20(12-16)25(33)31-21-6-2-5-19-24(21)27(35)32(26(19)34)14-15-3-1-4-17(11-15)36-18-9-10-30-23(29)13-18/h1-7,9-13H,8,14H2,(H2,29,30)(H,31,33). The number of imide groups is 1. The van der Waals surface area contributed by atoms with Crippen molar-refractivity contribution in [3.63, 3.8) is 0 Å². The second kappa shape index (κ2) is 9.96. The van der Waals surface area contributed by atoms with Gasteiger partial charge in [-0.15, -0.1) is 0 Å². The third-order valence-corrected chi connectivity index (χ3v) is 6.43. The molecule has 37 heavy (non-hydrogen) atoms. The number of aromatic nitrogens is 1. The molecule has 10 heteroatoms. The fourth-order valence-electron chi connectivity index (χ4n) is 4.06. The van der Waals surface area contributed by atoms with Gasteiger partial charge in [0.05, 0.1) is 28.9 Å². The molecule has 8 nitrogen and oxygen atoms in total. The predicted molar refractivity (Wildman–Crippen MR) is 144 cm³/mol. The molecule has 2 aromatic carbocycles. The summed E-state index contributed by atoms with van der Waals surface area (Å²) in [6, 6.07) is 15.0. The van der Waals surface area contributed by atoms with Crippen molar-refractivity contribution in [1.29, 1.82) is 0 Å². The average Bonchev–Trinajstić information content (AvgIpc) is 3.11. The Morgan fingerprint density at radius 3 is 2.70 bits per heavy atom. The molecule has 184 valence electrons. The van der Waals surface area contributed by atoms with Crippen molar-refractivity contribution >= 4 is 57.9 Å². The summed E-state index contributed by atoms with van der Waals surface area (Å²) in [7, 11) is 0. The number of allylic oxidation sites excluding steroid dienone is 3. The summed E-state index contributed by atoms with van der Waals surface area (Å²) in [5.74, 6) is -0.120. The van der Waals surface area contributed by atoms with Gasteiger partial charge in [0.15, 0.2) is 0 Å². The Kier molecular flexibility index (Phi) is 6.56. The van der Waals surface area contributed by atoms with Gasteiger partial charge in [0.2, 0.25) is 0 Å². The van der Waals surface area contributed by atoms with Gasteiger partial charge in [-0.1, -0.05) is 48.1 Å². The molecule has 1 aliphatic carbocycles. The fraction of sp³-hybridized carbons (Fsp3) is 0.0741. The van der Waals surface area contributed by atoms with Crippen LogP contribution in [0.1, 0.15) is 32.7 Å². The van der Waals surface area contributed by atoms with E-state index in [0.29, 0.717) is 39.2 Å². The number of carbonyl (C=O) groups excluding carboxylic acids is 3. The average molecular weight is 531 g/mol. The van der Waals surface area contributed by atoms with Crippen molar-refractivity contribution in [1.82, 2.24) is 9.88 Å². The van der Waals surface area contributed by atoms with Gasteiger partial charge in [0, 0.05) is 28.6 Å². The number of benzene rings is 2. The molecule has 0 saturated heterocycles. The lowest BCUT2D eigenvalue weighted by atomic mass is 10.0. The summed E-state index contributed by atoms with van der Waals surface area (Å²) in [6.45, 7) is 0.0189. The monoisotopic (exact) mass is 530 g/mol. The van der Waals surface area contributed by atoms with Gasteiger partial charge >= 0.3 is 0 Å². The van der Waals surface area contributed by atoms with Crippen LogP contribution < -0.4 is 15.8 Å². The zero-order valence-corrected chi connectivity index (χ0v) is 20.8. The molecule has 0 spiro atoms. The van der Waals surface area contributed by atoms with Crippen LogP contribution in [-0.2, 0) is 11.3 Å². The first-order valence-electron chi connectivity index (χ1n) is 11.2. The molecule has 2 aliphatic rings. The van der Waals surface area contributed by atoms with E-state index < -0.39 is 17.7 Å². The second-order valence-corrected chi connectivity index (χ2v) is 9.25. The summed E-state index contributed by atoms with van der Waals surface area (Å²) in [4.78, 5) is 44.9. The number of pyridine rings is 1.